The molecule has 3 aromatic rings. The zero-order chi connectivity index (χ0) is 31.3. The molecular weight excluding hydrogens is 576 g/mol. The molecule has 0 radical (unpaired) electrons. The third-order valence-corrected chi connectivity index (χ3v) is 8.48. The van der Waals surface area contributed by atoms with Crippen LogP contribution in [0.2, 0.25) is 0 Å². The van der Waals surface area contributed by atoms with Gasteiger partial charge in [-0.1, -0.05) is 13.8 Å². The van der Waals surface area contributed by atoms with Crippen LogP contribution in [0.3, 0.4) is 0 Å². The van der Waals surface area contributed by atoms with Crippen LogP contribution in [0, 0.1) is 11.8 Å². The monoisotopic (exact) mass is 612 g/mol. The Morgan fingerprint density at radius 2 is 1.51 bits per heavy atom. The van der Waals surface area contributed by atoms with E-state index >= 15 is 0 Å². The lowest BCUT2D eigenvalue weighted by atomic mass is 10.0. The molecule has 2 atom stereocenters. The Balaban J connectivity index is 1.34. The predicted octanol–water partition coefficient (Wildman–Crippen LogP) is 5.05. The number of nitrogens with one attached hydrogen (secondary N) is 1. The Morgan fingerprint density at radius 3 is 2.14 bits per heavy atom. The second-order valence-electron chi connectivity index (χ2n) is 10.6. The second-order valence-corrected chi connectivity index (χ2v) is 11.7. The SMILES string of the molecule is CNc1cc2c(cc1OCCCOc1cc3cc(C(=O)CC(C)C(=O)O)sc3cc1OC)CN(C(=O)CC(C)C(=O)O)C2. The lowest BCUT2D eigenvalue weighted by molar-refractivity contribution is -0.145. The van der Waals surface area contributed by atoms with Crippen molar-refractivity contribution >= 4 is 50.7 Å². The zero-order valence-corrected chi connectivity index (χ0v) is 25.4. The maximum Gasteiger partial charge on any atom is 0.306 e. The number of ketones is 1. The highest BCUT2D eigenvalue weighted by atomic mass is 32.1. The number of carboxylic acid groups (broad SMARTS) is 2. The Labute approximate surface area is 253 Å². The molecule has 2 unspecified atom stereocenters. The van der Waals surface area contributed by atoms with Gasteiger partial charge in [0.2, 0.25) is 5.91 Å². The topological polar surface area (TPSA) is 152 Å². The summed E-state index contributed by atoms with van der Waals surface area (Å²) in [7, 11) is 3.34. The number of fused-ring (bicyclic) bond motifs is 2. The molecule has 0 bridgehead atoms. The lowest BCUT2D eigenvalue weighted by Gasteiger charge is -2.16. The number of rotatable bonds is 15. The van der Waals surface area contributed by atoms with E-state index in [-0.39, 0.29) is 24.5 Å². The van der Waals surface area contributed by atoms with E-state index in [1.54, 1.807) is 25.1 Å². The minimum Gasteiger partial charge on any atom is -0.493 e. The molecule has 2 aromatic carbocycles. The Morgan fingerprint density at radius 1 is 0.884 bits per heavy atom. The van der Waals surface area contributed by atoms with E-state index in [2.05, 4.69) is 5.32 Å². The number of aliphatic carboxylic acids is 2. The summed E-state index contributed by atoms with van der Waals surface area (Å²) in [5, 5.41) is 22.2. The number of carbonyl (C=O) groups is 4. The molecule has 0 saturated carbocycles. The number of Topliss-reactive ketones (excluding diaryl/α,β-unsaturated/α-hetero) is 1. The van der Waals surface area contributed by atoms with E-state index in [1.165, 1.54) is 25.2 Å². The molecule has 43 heavy (non-hydrogen) atoms. The summed E-state index contributed by atoms with van der Waals surface area (Å²) in [5.74, 6) is -2.18. The van der Waals surface area contributed by atoms with Crippen molar-refractivity contribution in [2.45, 2.75) is 46.2 Å². The first-order valence-corrected chi connectivity index (χ1v) is 14.8. The number of benzene rings is 2. The quantitative estimate of drug-likeness (QED) is 0.157. The highest BCUT2D eigenvalue weighted by Crippen LogP contribution is 2.38. The third kappa shape index (κ3) is 7.56. The predicted molar refractivity (Wildman–Crippen MR) is 161 cm³/mol. The fourth-order valence-corrected chi connectivity index (χ4v) is 5.77. The molecule has 0 fully saturated rings. The molecule has 2 heterocycles. The van der Waals surface area contributed by atoms with Gasteiger partial charge in [-0.25, -0.2) is 0 Å². The number of nitrogens with zero attached hydrogens (tertiary/aromatic N) is 1. The number of methoxy groups -OCH3 is 1. The fraction of sp³-hybridized carbons (Fsp3) is 0.419. The summed E-state index contributed by atoms with van der Waals surface area (Å²) in [6.07, 6.45) is 0.463. The first-order valence-electron chi connectivity index (χ1n) is 14.0. The summed E-state index contributed by atoms with van der Waals surface area (Å²) in [4.78, 5) is 49.6. The van der Waals surface area contributed by atoms with Crippen LogP contribution in [-0.2, 0) is 27.5 Å². The first-order chi connectivity index (χ1) is 20.5. The number of carbonyl (C=O) groups excluding carboxylic acids is 2. The zero-order valence-electron chi connectivity index (χ0n) is 24.6. The molecule has 12 heteroatoms. The van der Waals surface area contributed by atoms with Gasteiger partial charge in [-0.05, 0) is 40.8 Å². The van der Waals surface area contributed by atoms with E-state index in [0.29, 0.717) is 54.8 Å². The molecular formula is C31H36N2O9S. The molecule has 0 saturated heterocycles. The van der Waals surface area contributed by atoms with Gasteiger partial charge in [0.25, 0.3) is 0 Å². The molecule has 1 aromatic heterocycles. The number of hydrogen-bond donors (Lipinski definition) is 3. The summed E-state index contributed by atoms with van der Waals surface area (Å²) >= 11 is 1.29. The minimum absolute atomic E-state index is 0.0406. The average Bonchev–Trinajstić information content (AvgIpc) is 3.59. The highest BCUT2D eigenvalue weighted by molar-refractivity contribution is 7.20. The van der Waals surface area contributed by atoms with Gasteiger partial charge in [0.15, 0.2) is 17.3 Å². The summed E-state index contributed by atoms with van der Waals surface area (Å²) < 4.78 is 18.4. The van der Waals surface area contributed by atoms with Gasteiger partial charge in [0.05, 0.1) is 42.7 Å². The Bertz CT molecular complexity index is 1530. The maximum atomic E-state index is 12.6. The van der Waals surface area contributed by atoms with Crippen molar-refractivity contribution < 1.29 is 43.6 Å². The van der Waals surface area contributed by atoms with Crippen molar-refractivity contribution in [2.75, 3.05) is 32.7 Å². The smallest absolute Gasteiger partial charge is 0.306 e. The average molecular weight is 613 g/mol. The van der Waals surface area contributed by atoms with Crippen molar-refractivity contribution in [2.24, 2.45) is 11.8 Å². The fourth-order valence-electron chi connectivity index (χ4n) is 4.74. The normalized spacial score (nSPS) is 13.7. The molecule has 11 nitrogen and oxygen atoms in total. The van der Waals surface area contributed by atoms with Crippen molar-refractivity contribution in [3.8, 4) is 17.2 Å². The molecule has 4 rings (SSSR count). The van der Waals surface area contributed by atoms with Crippen LogP contribution in [0.5, 0.6) is 17.2 Å². The van der Waals surface area contributed by atoms with Gasteiger partial charge >= 0.3 is 11.9 Å². The standard InChI is InChI=1S/C31H36N2O9S/c1-17(30(36)37)8-23(34)28-13-19-11-26(25(40-4)14-27(19)43-28)42-7-5-6-41-24-12-21-16-33(15-20(21)10-22(24)32-3)29(35)9-18(2)31(38)39/h10-14,17-18,32H,5-9,15-16H2,1-4H3,(H,36,37)(H,38,39). The van der Waals surface area contributed by atoms with Crippen LogP contribution in [-0.4, -0.2) is 66.1 Å². The Kier molecular flexibility index (Phi) is 10.1. The van der Waals surface area contributed by atoms with E-state index < -0.39 is 23.8 Å². The molecule has 0 spiro atoms. The van der Waals surface area contributed by atoms with Gasteiger partial charge in [-0.2, -0.15) is 0 Å². The van der Waals surface area contributed by atoms with Crippen LogP contribution < -0.4 is 19.5 Å². The second kappa shape index (κ2) is 13.8. The molecule has 230 valence electrons. The van der Waals surface area contributed by atoms with Crippen molar-refractivity contribution in [1.82, 2.24) is 4.90 Å². The summed E-state index contributed by atoms with van der Waals surface area (Å²) in [5.41, 5.74) is 2.75. The van der Waals surface area contributed by atoms with Crippen LogP contribution in [0.15, 0.2) is 30.3 Å². The number of ether oxygens (including phenoxy) is 3. The largest absolute Gasteiger partial charge is 0.493 e. The van der Waals surface area contributed by atoms with Crippen molar-refractivity contribution in [3.05, 3.63) is 46.3 Å². The van der Waals surface area contributed by atoms with Gasteiger partial charge in [0.1, 0.15) is 5.75 Å². The number of anilines is 1. The number of carboxylic acids is 2. The van der Waals surface area contributed by atoms with Crippen LogP contribution >= 0.6 is 11.3 Å². The molecule has 3 N–H and O–H groups in total. The van der Waals surface area contributed by atoms with E-state index in [1.807, 2.05) is 24.3 Å². The van der Waals surface area contributed by atoms with Gasteiger partial charge in [-0.15, -0.1) is 11.3 Å². The molecule has 1 aliphatic heterocycles. The van der Waals surface area contributed by atoms with Gasteiger partial charge in [0, 0.05) is 50.2 Å². The summed E-state index contributed by atoms with van der Waals surface area (Å²) in [6, 6.07) is 9.24. The van der Waals surface area contributed by atoms with Gasteiger partial charge in [-0.3, -0.25) is 19.2 Å². The lowest BCUT2D eigenvalue weighted by Crippen LogP contribution is -2.28. The third-order valence-electron chi connectivity index (χ3n) is 7.34. The Hall–Kier alpha value is -4.32. The van der Waals surface area contributed by atoms with Crippen molar-refractivity contribution in [3.63, 3.8) is 0 Å². The number of hydrogen-bond acceptors (Lipinski definition) is 9. The van der Waals surface area contributed by atoms with Crippen molar-refractivity contribution in [1.29, 1.82) is 0 Å². The van der Waals surface area contributed by atoms with E-state index in [4.69, 9.17) is 24.4 Å². The first kappa shape index (κ1) is 31.6. The maximum absolute atomic E-state index is 12.6. The van der Waals surface area contributed by atoms with E-state index in [0.717, 1.165) is 26.9 Å². The van der Waals surface area contributed by atoms with E-state index in [9.17, 15) is 19.2 Å². The van der Waals surface area contributed by atoms with Gasteiger partial charge < -0.3 is 34.6 Å². The van der Waals surface area contributed by atoms with Crippen LogP contribution in [0.4, 0.5) is 5.69 Å². The van der Waals surface area contributed by atoms with Crippen LogP contribution in [0.25, 0.3) is 10.1 Å². The minimum atomic E-state index is -1.00. The van der Waals surface area contributed by atoms with Crippen LogP contribution in [0.1, 0.15) is 53.9 Å². The summed E-state index contributed by atoms with van der Waals surface area (Å²) in [6.45, 7) is 4.59. The molecule has 1 amide bonds. The molecule has 0 aliphatic carbocycles. The molecule has 1 aliphatic rings. The number of amides is 1. The number of thiophene rings is 1. The highest BCUT2D eigenvalue weighted by Gasteiger charge is 2.27.